The van der Waals surface area contributed by atoms with Crippen molar-refractivity contribution >= 4 is 11.8 Å². The van der Waals surface area contributed by atoms with Gasteiger partial charge in [-0.1, -0.05) is 25.0 Å². The van der Waals surface area contributed by atoms with Gasteiger partial charge in [-0.25, -0.2) is 4.98 Å². The molecule has 146 valence electrons. The molecule has 1 aromatic carbocycles. The van der Waals surface area contributed by atoms with Crippen LogP contribution in [-0.2, 0) is 0 Å². The summed E-state index contributed by atoms with van der Waals surface area (Å²) in [5, 5.41) is 6.57. The maximum atomic E-state index is 12.5. The van der Waals surface area contributed by atoms with Gasteiger partial charge in [-0.3, -0.25) is 0 Å². The fourth-order valence-corrected chi connectivity index (χ4v) is 3.13. The zero-order chi connectivity index (χ0) is 19.4. The highest BCUT2D eigenvalue weighted by molar-refractivity contribution is 5.66. The summed E-state index contributed by atoms with van der Waals surface area (Å²) in [6, 6.07) is 8.02. The number of nitrogens with one attached hydrogen (secondary N) is 2. The second-order valence-corrected chi connectivity index (χ2v) is 6.96. The van der Waals surface area contributed by atoms with Gasteiger partial charge in [-0.05, 0) is 38.8 Å². The largest absolute Gasteiger partial charge is 0.573 e. The van der Waals surface area contributed by atoms with Crippen molar-refractivity contribution in [3.8, 4) is 17.0 Å². The van der Waals surface area contributed by atoms with Crippen LogP contribution >= 0.6 is 0 Å². The molecule has 1 fully saturated rings. The molecule has 0 atom stereocenters. The molecule has 1 aromatic heterocycles. The lowest BCUT2D eigenvalue weighted by molar-refractivity contribution is -0.274. The predicted molar refractivity (Wildman–Crippen MR) is 98.8 cm³/mol. The van der Waals surface area contributed by atoms with Crippen LogP contribution in [0.25, 0.3) is 11.3 Å². The molecule has 3 rings (SSSR count). The monoisotopic (exact) mass is 380 g/mol. The molecule has 0 aliphatic heterocycles. The van der Waals surface area contributed by atoms with E-state index in [1.807, 2.05) is 13.8 Å². The topological polar surface area (TPSA) is 59.1 Å². The van der Waals surface area contributed by atoms with Crippen molar-refractivity contribution in [1.82, 2.24) is 9.97 Å². The lowest BCUT2D eigenvalue weighted by Crippen LogP contribution is -2.18. The Labute approximate surface area is 156 Å². The first-order valence-electron chi connectivity index (χ1n) is 9.07. The minimum absolute atomic E-state index is 0.159. The maximum absolute atomic E-state index is 12.5. The first-order chi connectivity index (χ1) is 12.8. The van der Waals surface area contributed by atoms with Gasteiger partial charge in [-0.15, -0.1) is 13.2 Å². The molecule has 2 aromatic rings. The van der Waals surface area contributed by atoms with Gasteiger partial charge in [0.25, 0.3) is 0 Å². The van der Waals surface area contributed by atoms with Crippen molar-refractivity contribution < 1.29 is 17.9 Å². The van der Waals surface area contributed by atoms with Crippen molar-refractivity contribution in [3.05, 3.63) is 30.3 Å². The van der Waals surface area contributed by atoms with Gasteiger partial charge in [0.2, 0.25) is 5.95 Å². The first kappa shape index (κ1) is 19.3. The molecule has 1 aliphatic rings. The molecular formula is C19H23F3N4O. The third-order valence-electron chi connectivity index (χ3n) is 4.21. The second kappa shape index (κ2) is 8.02. The van der Waals surface area contributed by atoms with Crippen LogP contribution in [-0.4, -0.2) is 28.4 Å². The zero-order valence-electron chi connectivity index (χ0n) is 15.3. The smallest absolute Gasteiger partial charge is 0.406 e. The van der Waals surface area contributed by atoms with E-state index in [1.54, 1.807) is 12.1 Å². The number of aromatic nitrogens is 2. The number of ether oxygens (including phenoxy) is 1. The summed E-state index contributed by atoms with van der Waals surface area (Å²) in [6.45, 7) is 3.98. The fourth-order valence-electron chi connectivity index (χ4n) is 3.13. The molecule has 2 N–H and O–H groups in total. The molecule has 27 heavy (non-hydrogen) atoms. The minimum Gasteiger partial charge on any atom is -0.406 e. The van der Waals surface area contributed by atoms with Gasteiger partial charge in [0.1, 0.15) is 11.6 Å². The highest BCUT2D eigenvalue weighted by atomic mass is 19.4. The Hall–Kier alpha value is -2.51. The van der Waals surface area contributed by atoms with Gasteiger partial charge >= 0.3 is 6.36 Å². The molecule has 0 unspecified atom stereocenters. The summed E-state index contributed by atoms with van der Waals surface area (Å²) >= 11 is 0. The Morgan fingerprint density at radius 3 is 2.52 bits per heavy atom. The molecule has 1 heterocycles. The third-order valence-corrected chi connectivity index (χ3v) is 4.21. The Morgan fingerprint density at radius 2 is 1.85 bits per heavy atom. The average molecular weight is 380 g/mol. The SMILES string of the molecule is CC(C)Nc1cc(-c2cccc(OC(F)(F)F)c2)nc(NC2CCCC2)n1. The fraction of sp³-hybridized carbons (Fsp3) is 0.474. The maximum Gasteiger partial charge on any atom is 0.573 e. The summed E-state index contributed by atoms with van der Waals surface area (Å²) < 4.78 is 41.5. The van der Waals surface area contributed by atoms with Crippen LogP contribution in [0.15, 0.2) is 30.3 Å². The van der Waals surface area contributed by atoms with Crippen LogP contribution in [0.1, 0.15) is 39.5 Å². The molecule has 0 spiro atoms. The predicted octanol–water partition coefficient (Wildman–Crippen LogP) is 5.22. The van der Waals surface area contributed by atoms with E-state index >= 15 is 0 Å². The van der Waals surface area contributed by atoms with E-state index in [1.165, 1.54) is 31.0 Å². The van der Waals surface area contributed by atoms with E-state index in [0.29, 0.717) is 29.1 Å². The molecule has 1 aliphatic carbocycles. The number of hydrogen-bond donors (Lipinski definition) is 2. The summed E-state index contributed by atoms with van der Waals surface area (Å²) in [5.41, 5.74) is 1.06. The quantitative estimate of drug-likeness (QED) is 0.720. The van der Waals surface area contributed by atoms with Crippen LogP contribution in [0.2, 0.25) is 0 Å². The average Bonchev–Trinajstić information content (AvgIpc) is 3.05. The standard InChI is InChI=1S/C19H23F3N4O/c1-12(2)23-17-11-16(25-18(26-17)24-14-7-3-4-8-14)13-6-5-9-15(10-13)27-19(20,21)22/h5-6,9-12,14H,3-4,7-8H2,1-2H3,(H2,23,24,25,26). The van der Waals surface area contributed by atoms with E-state index < -0.39 is 6.36 Å². The number of rotatable bonds is 6. The highest BCUT2D eigenvalue weighted by Gasteiger charge is 2.31. The Bertz CT molecular complexity index is 774. The molecule has 1 saturated carbocycles. The van der Waals surface area contributed by atoms with Crippen molar-refractivity contribution in [3.63, 3.8) is 0 Å². The van der Waals surface area contributed by atoms with E-state index in [4.69, 9.17) is 0 Å². The van der Waals surface area contributed by atoms with E-state index in [0.717, 1.165) is 12.8 Å². The Morgan fingerprint density at radius 1 is 1.11 bits per heavy atom. The zero-order valence-corrected chi connectivity index (χ0v) is 15.3. The van der Waals surface area contributed by atoms with Gasteiger partial charge in [0, 0.05) is 23.7 Å². The van der Waals surface area contributed by atoms with Gasteiger partial charge in [-0.2, -0.15) is 4.98 Å². The first-order valence-corrected chi connectivity index (χ1v) is 9.07. The number of hydrogen-bond acceptors (Lipinski definition) is 5. The molecule has 0 saturated heterocycles. The van der Waals surface area contributed by atoms with Gasteiger partial charge < -0.3 is 15.4 Å². The van der Waals surface area contributed by atoms with Crippen LogP contribution in [0.5, 0.6) is 5.75 Å². The molecular weight excluding hydrogens is 357 g/mol. The Balaban J connectivity index is 1.91. The van der Waals surface area contributed by atoms with Crippen LogP contribution in [0.3, 0.4) is 0 Å². The summed E-state index contributed by atoms with van der Waals surface area (Å²) in [6.07, 6.45) is -0.259. The molecule has 0 bridgehead atoms. The van der Waals surface area contributed by atoms with Crippen LogP contribution in [0.4, 0.5) is 24.9 Å². The van der Waals surface area contributed by atoms with Crippen molar-refractivity contribution in [2.24, 2.45) is 0 Å². The van der Waals surface area contributed by atoms with Crippen molar-refractivity contribution in [1.29, 1.82) is 0 Å². The summed E-state index contributed by atoms with van der Waals surface area (Å²) in [4.78, 5) is 9.01. The molecule has 5 nitrogen and oxygen atoms in total. The number of nitrogens with zero attached hydrogens (tertiary/aromatic N) is 2. The number of alkyl halides is 3. The van der Waals surface area contributed by atoms with Crippen molar-refractivity contribution in [2.75, 3.05) is 10.6 Å². The van der Waals surface area contributed by atoms with Crippen LogP contribution < -0.4 is 15.4 Å². The molecule has 0 amide bonds. The number of anilines is 2. The summed E-state index contributed by atoms with van der Waals surface area (Å²) in [7, 11) is 0. The molecule has 0 radical (unpaired) electrons. The summed E-state index contributed by atoms with van der Waals surface area (Å²) in [5.74, 6) is 0.824. The number of benzene rings is 1. The van der Waals surface area contributed by atoms with Gasteiger partial charge in [0.05, 0.1) is 5.69 Å². The Kier molecular flexibility index (Phi) is 5.72. The second-order valence-electron chi connectivity index (χ2n) is 6.96. The van der Waals surface area contributed by atoms with E-state index in [2.05, 4.69) is 25.3 Å². The van der Waals surface area contributed by atoms with Gasteiger partial charge in [0.15, 0.2) is 0 Å². The lowest BCUT2D eigenvalue weighted by atomic mass is 10.1. The highest BCUT2D eigenvalue weighted by Crippen LogP contribution is 2.29. The van der Waals surface area contributed by atoms with E-state index in [-0.39, 0.29) is 11.8 Å². The van der Waals surface area contributed by atoms with Crippen molar-refractivity contribution in [2.45, 2.75) is 58.0 Å². The third kappa shape index (κ3) is 5.74. The lowest BCUT2D eigenvalue weighted by Gasteiger charge is -2.16. The van der Waals surface area contributed by atoms with Crippen LogP contribution in [0, 0.1) is 0 Å². The van der Waals surface area contributed by atoms with E-state index in [9.17, 15) is 13.2 Å². The normalized spacial score (nSPS) is 15.2. The molecule has 8 heteroatoms. The number of halogens is 3. The minimum atomic E-state index is -4.73.